The Labute approximate surface area is 201 Å². The van der Waals surface area contributed by atoms with E-state index in [2.05, 4.69) is 20.2 Å². The molecular formula is C26H34N6O2. The molecule has 0 unspecified atom stereocenters. The van der Waals surface area contributed by atoms with Crippen LogP contribution >= 0.6 is 0 Å². The Bertz CT molecular complexity index is 1120. The Balaban J connectivity index is 1.40. The van der Waals surface area contributed by atoms with Gasteiger partial charge in [0, 0.05) is 43.4 Å². The number of amides is 1. The van der Waals surface area contributed by atoms with E-state index in [-0.39, 0.29) is 5.91 Å². The first-order valence-electron chi connectivity index (χ1n) is 12.2. The van der Waals surface area contributed by atoms with E-state index in [4.69, 9.17) is 9.84 Å². The first-order valence-corrected chi connectivity index (χ1v) is 12.2. The Hall–Kier alpha value is -3.42. The summed E-state index contributed by atoms with van der Waals surface area (Å²) in [7, 11) is 0. The van der Waals surface area contributed by atoms with Gasteiger partial charge < -0.3 is 15.0 Å². The highest BCUT2D eigenvalue weighted by atomic mass is 16.5. The van der Waals surface area contributed by atoms with Gasteiger partial charge in [0.05, 0.1) is 12.3 Å². The number of aromatic nitrogens is 4. The summed E-state index contributed by atoms with van der Waals surface area (Å²) in [6, 6.07) is 9.80. The second-order valence-electron chi connectivity index (χ2n) is 8.66. The minimum atomic E-state index is 0.00673. The van der Waals surface area contributed by atoms with Crippen LogP contribution in [0.5, 0.6) is 5.75 Å². The van der Waals surface area contributed by atoms with Crippen LogP contribution in [0, 0.1) is 13.8 Å². The second kappa shape index (κ2) is 11.1. The third-order valence-electron chi connectivity index (χ3n) is 6.33. The normalized spacial score (nSPS) is 13.7. The Morgan fingerprint density at radius 1 is 1.09 bits per heavy atom. The molecule has 1 aliphatic rings. The fourth-order valence-electron chi connectivity index (χ4n) is 4.48. The maximum atomic E-state index is 12.6. The molecule has 1 amide bonds. The summed E-state index contributed by atoms with van der Waals surface area (Å²) < 4.78 is 7.52. The third-order valence-corrected chi connectivity index (χ3v) is 6.33. The summed E-state index contributed by atoms with van der Waals surface area (Å²) in [4.78, 5) is 23.8. The topological polar surface area (TPSA) is 85.2 Å². The summed E-state index contributed by atoms with van der Waals surface area (Å²) in [5.74, 6) is 2.53. The lowest BCUT2D eigenvalue weighted by Gasteiger charge is -2.27. The third kappa shape index (κ3) is 5.55. The number of hydrogen-bond acceptors (Lipinski definition) is 6. The fourth-order valence-corrected chi connectivity index (χ4v) is 4.48. The van der Waals surface area contributed by atoms with Gasteiger partial charge in [0.25, 0.3) is 0 Å². The molecule has 0 radical (unpaired) electrons. The average Bonchev–Trinajstić information content (AvgIpc) is 3.16. The number of nitrogens with zero attached hydrogens (tertiary/aromatic N) is 5. The Morgan fingerprint density at radius 3 is 2.65 bits per heavy atom. The van der Waals surface area contributed by atoms with Crippen molar-refractivity contribution < 1.29 is 9.53 Å². The van der Waals surface area contributed by atoms with Crippen LogP contribution in [-0.4, -0.2) is 45.4 Å². The van der Waals surface area contributed by atoms with E-state index < -0.39 is 0 Å². The monoisotopic (exact) mass is 462 g/mol. The van der Waals surface area contributed by atoms with Gasteiger partial charge in [-0.3, -0.25) is 4.79 Å². The molecule has 0 atom stereocenters. The number of hydrogen-bond donors (Lipinski definition) is 1. The van der Waals surface area contributed by atoms with Crippen LogP contribution in [0.4, 0.5) is 5.82 Å². The summed E-state index contributed by atoms with van der Waals surface area (Å²) in [6.45, 7) is 9.09. The maximum absolute atomic E-state index is 12.6. The maximum Gasteiger partial charge on any atom is 0.220 e. The number of rotatable bonds is 9. The largest absolute Gasteiger partial charge is 0.494 e. The van der Waals surface area contributed by atoms with Crippen molar-refractivity contribution in [3.05, 3.63) is 59.2 Å². The summed E-state index contributed by atoms with van der Waals surface area (Å²) in [5, 5.41) is 7.75. The number of benzene rings is 1. The Kier molecular flexibility index (Phi) is 7.77. The molecule has 0 spiro atoms. The number of carbonyl (C=O) groups excluding carboxylic acids is 1. The van der Waals surface area contributed by atoms with Crippen molar-refractivity contribution in [1.82, 2.24) is 25.1 Å². The van der Waals surface area contributed by atoms with Crippen LogP contribution < -0.4 is 15.0 Å². The zero-order chi connectivity index (χ0) is 23.9. The van der Waals surface area contributed by atoms with Gasteiger partial charge in [-0.2, -0.15) is 5.10 Å². The summed E-state index contributed by atoms with van der Waals surface area (Å²) in [6.07, 6.45) is 6.31. The molecule has 1 fully saturated rings. The lowest BCUT2D eigenvalue weighted by Crippen LogP contribution is -2.30. The standard InChI is InChI=1S/C26H34N6O2/c1-4-34-23-11-7-6-10-21(23)17-27-26(33)13-12-22-19(2)30-32(20(22)3)25-16-24(28-18-29-25)31-14-8-5-9-15-31/h6-7,10-11,16,18H,4-5,8-9,12-15,17H2,1-3H3,(H,27,33). The van der Waals surface area contributed by atoms with Crippen molar-refractivity contribution in [3.63, 3.8) is 0 Å². The molecule has 1 aliphatic heterocycles. The van der Waals surface area contributed by atoms with Gasteiger partial charge in [0.2, 0.25) is 5.91 Å². The van der Waals surface area contributed by atoms with Crippen LogP contribution in [0.2, 0.25) is 0 Å². The number of para-hydroxylation sites is 1. The van der Waals surface area contributed by atoms with E-state index in [9.17, 15) is 4.79 Å². The van der Waals surface area contributed by atoms with Gasteiger partial charge in [0.1, 0.15) is 17.9 Å². The van der Waals surface area contributed by atoms with E-state index in [0.29, 0.717) is 26.0 Å². The number of anilines is 1. The van der Waals surface area contributed by atoms with Gasteiger partial charge in [-0.05, 0) is 58.1 Å². The van der Waals surface area contributed by atoms with Gasteiger partial charge in [0.15, 0.2) is 5.82 Å². The molecule has 3 aromatic rings. The number of aryl methyl sites for hydroxylation is 1. The fraction of sp³-hybridized carbons (Fsp3) is 0.462. The van der Waals surface area contributed by atoms with Gasteiger partial charge in [-0.1, -0.05) is 18.2 Å². The predicted molar refractivity (Wildman–Crippen MR) is 132 cm³/mol. The number of piperidine rings is 1. The summed E-state index contributed by atoms with van der Waals surface area (Å²) in [5.41, 5.74) is 3.99. The lowest BCUT2D eigenvalue weighted by atomic mass is 10.1. The Morgan fingerprint density at radius 2 is 1.85 bits per heavy atom. The molecule has 0 aliphatic carbocycles. The molecule has 4 rings (SSSR count). The number of nitrogens with one attached hydrogen (secondary N) is 1. The molecule has 180 valence electrons. The molecule has 34 heavy (non-hydrogen) atoms. The first-order chi connectivity index (χ1) is 16.6. The minimum Gasteiger partial charge on any atom is -0.494 e. The van der Waals surface area contributed by atoms with E-state index in [0.717, 1.165) is 53.0 Å². The van der Waals surface area contributed by atoms with E-state index in [1.165, 1.54) is 19.3 Å². The van der Waals surface area contributed by atoms with Gasteiger partial charge in [-0.25, -0.2) is 14.6 Å². The van der Waals surface area contributed by atoms with E-state index in [1.807, 2.05) is 55.8 Å². The molecule has 0 saturated carbocycles. The van der Waals surface area contributed by atoms with Crippen molar-refractivity contribution >= 4 is 11.7 Å². The van der Waals surface area contributed by atoms with Crippen LogP contribution in [0.3, 0.4) is 0 Å². The highest BCUT2D eigenvalue weighted by molar-refractivity contribution is 5.76. The van der Waals surface area contributed by atoms with Crippen LogP contribution in [-0.2, 0) is 17.8 Å². The minimum absolute atomic E-state index is 0.00673. The number of carbonyl (C=O) groups is 1. The SMILES string of the molecule is CCOc1ccccc1CNC(=O)CCc1c(C)nn(-c2cc(N3CCCCC3)ncn2)c1C. The van der Waals surface area contributed by atoms with Crippen molar-refractivity contribution in [2.45, 2.75) is 59.4 Å². The summed E-state index contributed by atoms with van der Waals surface area (Å²) >= 11 is 0. The molecule has 3 heterocycles. The van der Waals surface area contributed by atoms with Crippen molar-refractivity contribution in [2.75, 3.05) is 24.6 Å². The van der Waals surface area contributed by atoms with Crippen molar-refractivity contribution in [1.29, 1.82) is 0 Å². The van der Waals surface area contributed by atoms with E-state index >= 15 is 0 Å². The zero-order valence-electron chi connectivity index (χ0n) is 20.4. The van der Waals surface area contributed by atoms with E-state index in [1.54, 1.807) is 6.33 Å². The lowest BCUT2D eigenvalue weighted by molar-refractivity contribution is -0.121. The number of ether oxygens (including phenoxy) is 1. The highest BCUT2D eigenvalue weighted by Crippen LogP contribution is 2.22. The van der Waals surface area contributed by atoms with Crippen molar-refractivity contribution in [3.8, 4) is 11.6 Å². The molecular weight excluding hydrogens is 428 g/mol. The van der Waals surface area contributed by atoms with Crippen molar-refractivity contribution in [2.24, 2.45) is 0 Å². The first kappa shape index (κ1) is 23.7. The molecule has 0 bridgehead atoms. The molecule has 2 aromatic heterocycles. The zero-order valence-corrected chi connectivity index (χ0v) is 20.4. The van der Waals surface area contributed by atoms with Gasteiger partial charge in [-0.15, -0.1) is 0 Å². The molecule has 1 saturated heterocycles. The quantitative estimate of drug-likeness (QED) is 0.519. The average molecular weight is 463 g/mol. The molecule has 8 nitrogen and oxygen atoms in total. The second-order valence-corrected chi connectivity index (χ2v) is 8.66. The van der Waals surface area contributed by atoms with Crippen LogP contribution in [0.25, 0.3) is 5.82 Å². The van der Waals surface area contributed by atoms with Crippen LogP contribution in [0.15, 0.2) is 36.7 Å². The molecule has 1 N–H and O–H groups in total. The molecule has 1 aromatic carbocycles. The van der Waals surface area contributed by atoms with Crippen LogP contribution in [0.1, 0.15) is 55.1 Å². The molecule has 8 heteroatoms. The van der Waals surface area contributed by atoms with Gasteiger partial charge >= 0.3 is 0 Å². The predicted octanol–water partition coefficient (Wildman–Crippen LogP) is 3.92. The highest BCUT2D eigenvalue weighted by Gasteiger charge is 2.18. The smallest absolute Gasteiger partial charge is 0.220 e.